The van der Waals surface area contributed by atoms with Crippen molar-refractivity contribution in [3.63, 3.8) is 0 Å². The van der Waals surface area contributed by atoms with Gasteiger partial charge in [0, 0.05) is 18.3 Å². The van der Waals surface area contributed by atoms with Gasteiger partial charge in [-0.05, 0) is 29.8 Å². The molecule has 1 amide bonds. The Morgan fingerprint density at radius 2 is 1.68 bits per heavy atom. The van der Waals surface area contributed by atoms with Crippen LogP contribution in [-0.2, 0) is 13.1 Å². The molecule has 37 heavy (non-hydrogen) atoms. The number of anilines is 2. The van der Waals surface area contributed by atoms with Gasteiger partial charge in [0.2, 0.25) is 5.75 Å². The van der Waals surface area contributed by atoms with Crippen LogP contribution in [0.4, 0.5) is 11.5 Å². The van der Waals surface area contributed by atoms with E-state index in [2.05, 4.69) is 15.3 Å². The molecule has 0 unspecified atom stereocenters. The SMILES string of the molecule is COc1ccc(Cn2cc(CN(c3cc(OC)c(OC)c(OC)c3)c3ncccc3C(N)=O)nn2)cc1. The third-order valence-corrected chi connectivity index (χ3v) is 5.68. The molecule has 2 aromatic heterocycles. The van der Waals surface area contributed by atoms with Gasteiger partial charge in [0.1, 0.15) is 17.3 Å². The maximum Gasteiger partial charge on any atom is 0.252 e. The highest BCUT2D eigenvalue weighted by atomic mass is 16.5. The fourth-order valence-corrected chi connectivity index (χ4v) is 3.88. The molecule has 0 aliphatic rings. The Morgan fingerprint density at radius 3 is 2.27 bits per heavy atom. The normalized spacial score (nSPS) is 10.6. The minimum atomic E-state index is -0.608. The number of rotatable bonds is 11. The number of carbonyl (C=O) groups is 1. The summed E-state index contributed by atoms with van der Waals surface area (Å²) < 4.78 is 23.5. The Kier molecular flexibility index (Phi) is 7.72. The molecule has 11 nitrogen and oxygen atoms in total. The number of amides is 1. The number of benzene rings is 2. The minimum absolute atomic E-state index is 0.235. The highest BCUT2D eigenvalue weighted by Gasteiger charge is 2.23. The Bertz CT molecular complexity index is 1350. The number of aromatic nitrogens is 4. The topological polar surface area (TPSA) is 127 Å². The van der Waals surface area contributed by atoms with Gasteiger partial charge < -0.3 is 29.6 Å². The van der Waals surface area contributed by atoms with E-state index >= 15 is 0 Å². The largest absolute Gasteiger partial charge is 0.497 e. The molecule has 2 aromatic carbocycles. The van der Waals surface area contributed by atoms with Gasteiger partial charge in [-0.2, -0.15) is 0 Å². The fraction of sp³-hybridized carbons (Fsp3) is 0.231. The van der Waals surface area contributed by atoms with E-state index in [1.165, 1.54) is 21.3 Å². The number of hydrogen-bond acceptors (Lipinski definition) is 9. The molecule has 0 aliphatic heterocycles. The second kappa shape index (κ2) is 11.3. The smallest absolute Gasteiger partial charge is 0.252 e. The second-order valence-corrected chi connectivity index (χ2v) is 7.96. The van der Waals surface area contributed by atoms with E-state index in [4.69, 9.17) is 24.7 Å². The number of ether oxygens (including phenoxy) is 4. The number of methoxy groups -OCH3 is 4. The lowest BCUT2D eigenvalue weighted by atomic mass is 10.1. The van der Waals surface area contributed by atoms with Crippen molar-refractivity contribution in [3.05, 3.63) is 77.7 Å². The molecule has 0 saturated carbocycles. The number of primary amides is 1. The molecule has 0 radical (unpaired) electrons. The average molecular weight is 505 g/mol. The molecule has 4 rings (SSSR count). The highest BCUT2D eigenvalue weighted by Crippen LogP contribution is 2.43. The predicted molar refractivity (Wildman–Crippen MR) is 137 cm³/mol. The van der Waals surface area contributed by atoms with Gasteiger partial charge in [-0.25, -0.2) is 9.67 Å². The molecule has 0 fully saturated rings. The summed E-state index contributed by atoms with van der Waals surface area (Å²) in [5.74, 6) is 1.86. The first-order chi connectivity index (χ1) is 18.0. The summed E-state index contributed by atoms with van der Waals surface area (Å²) in [6.45, 7) is 0.760. The third kappa shape index (κ3) is 5.56. The van der Waals surface area contributed by atoms with E-state index in [1.54, 1.807) is 47.2 Å². The molecule has 0 saturated heterocycles. The van der Waals surface area contributed by atoms with Crippen molar-refractivity contribution >= 4 is 17.4 Å². The van der Waals surface area contributed by atoms with Gasteiger partial charge in [0.25, 0.3) is 5.91 Å². The molecule has 0 bridgehead atoms. The molecule has 11 heteroatoms. The van der Waals surface area contributed by atoms with E-state index in [1.807, 2.05) is 30.5 Å². The van der Waals surface area contributed by atoms with Gasteiger partial charge in [-0.3, -0.25) is 4.79 Å². The standard InChI is InChI=1S/C26H28N6O5/c1-34-20-9-7-17(8-10-20)14-31-15-18(29-30-31)16-32(26-21(25(27)33)6-5-11-28-26)19-12-22(35-2)24(37-4)23(13-19)36-3/h5-13,15H,14,16H2,1-4H3,(H2,27,33). The van der Waals surface area contributed by atoms with Crippen LogP contribution in [0.2, 0.25) is 0 Å². The quantitative estimate of drug-likeness (QED) is 0.328. The third-order valence-electron chi connectivity index (χ3n) is 5.68. The van der Waals surface area contributed by atoms with Crippen molar-refractivity contribution in [3.8, 4) is 23.0 Å². The first-order valence-electron chi connectivity index (χ1n) is 11.3. The van der Waals surface area contributed by atoms with Crippen molar-refractivity contribution in [2.75, 3.05) is 33.3 Å². The Labute approximate surface area is 214 Å². The van der Waals surface area contributed by atoms with E-state index < -0.39 is 5.91 Å². The van der Waals surface area contributed by atoms with Crippen LogP contribution in [0, 0.1) is 0 Å². The van der Waals surface area contributed by atoms with Crippen LogP contribution in [0.25, 0.3) is 0 Å². The molecule has 192 valence electrons. The molecule has 2 N–H and O–H groups in total. The van der Waals surface area contributed by atoms with Crippen molar-refractivity contribution < 1.29 is 23.7 Å². The van der Waals surface area contributed by atoms with Gasteiger partial charge in [-0.15, -0.1) is 5.10 Å². The zero-order chi connectivity index (χ0) is 26.4. The number of pyridine rings is 1. The summed E-state index contributed by atoms with van der Waals surface area (Å²) in [6, 6.07) is 14.5. The number of nitrogens with zero attached hydrogens (tertiary/aromatic N) is 5. The number of hydrogen-bond donors (Lipinski definition) is 1. The molecule has 0 spiro atoms. The van der Waals surface area contributed by atoms with Crippen molar-refractivity contribution in [2.24, 2.45) is 5.73 Å². The second-order valence-electron chi connectivity index (χ2n) is 7.96. The summed E-state index contributed by atoms with van der Waals surface area (Å²) in [5.41, 5.74) is 8.24. The van der Waals surface area contributed by atoms with E-state index in [0.717, 1.165) is 11.3 Å². The highest BCUT2D eigenvalue weighted by molar-refractivity contribution is 5.98. The summed E-state index contributed by atoms with van der Waals surface area (Å²) in [5, 5.41) is 8.62. The molecular weight excluding hydrogens is 476 g/mol. The minimum Gasteiger partial charge on any atom is -0.497 e. The van der Waals surface area contributed by atoms with Gasteiger partial charge in [-0.1, -0.05) is 17.3 Å². The van der Waals surface area contributed by atoms with Gasteiger partial charge in [0.15, 0.2) is 11.5 Å². The molecule has 4 aromatic rings. The first-order valence-corrected chi connectivity index (χ1v) is 11.3. The monoisotopic (exact) mass is 504 g/mol. The fourth-order valence-electron chi connectivity index (χ4n) is 3.88. The van der Waals surface area contributed by atoms with Crippen LogP contribution in [0.15, 0.2) is 60.9 Å². The predicted octanol–water partition coefficient (Wildman–Crippen LogP) is 3.19. The Hall–Kier alpha value is -4.80. The lowest BCUT2D eigenvalue weighted by Crippen LogP contribution is -2.23. The Morgan fingerprint density at radius 1 is 0.973 bits per heavy atom. The van der Waals surface area contributed by atoms with Crippen molar-refractivity contribution in [2.45, 2.75) is 13.1 Å². The van der Waals surface area contributed by atoms with Crippen LogP contribution in [0.1, 0.15) is 21.6 Å². The number of carbonyl (C=O) groups excluding carboxylic acids is 1. The summed E-state index contributed by atoms with van der Waals surface area (Å²) >= 11 is 0. The van der Waals surface area contributed by atoms with Crippen LogP contribution in [-0.4, -0.2) is 54.3 Å². The van der Waals surface area contributed by atoms with Gasteiger partial charge >= 0.3 is 0 Å². The lowest BCUT2D eigenvalue weighted by molar-refractivity contribution is 0.100. The van der Waals surface area contributed by atoms with E-state index in [-0.39, 0.29) is 12.1 Å². The maximum atomic E-state index is 12.3. The summed E-state index contributed by atoms with van der Waals surface area (Å²) in [7, 11) is 6.23. The van der Waals surface area contributed by atoms with Crippen LogP contribution >= 0.6 is 0 Å². The van der Waals surface area contributed by atoms with E-state index in [0.29, 0.717) is 41.0 Å². The molecule has 0 atom stereocenters. The average Bonchev–Trinajstić information content (AvgIpc) is 3.37. The zero-order valence-corrected chi connectivity index (χ0v) is 21.0. The van der Waals surface area contributed by atoms with Crippen LogP contribution < -0.4 is 29.6 Å². The number of nitrogens with two attached hydrogens (primary N) is 1. The molecule has 2 heterocycles. The van der Waals surface area contributed by atoms with Crippen molar-refractivity contribution in [1.29, 1.82) is 0 Å². The Balaban J connectivity index is 1.72. The van der Waals surface area contributed by atoms with E-state index in [9.17, 15) is 4.79 Å². The lowest BCUT2D eigenvalue weighted by Gasteiger charge is -2.26. The van der Waals surface area contributed by atoms with Gasteiger partial charge in [0.05, 0.1) is 59.0 Å². The summed E-state index contributed by atoms with van der Waals surface area (Å²) in [4.78, 5) is 18.5. The maximum absolute atomic E-state index is 12.3. The first kappa shape index (κ1) is 25.3. The molecular formula is C26H28N6O5. The zero-order valence-electron chi connectivity index (χ0n) is 21.0. The van der Waals surface area contributed by atoms with Crippen LogP contribution in [0.5, 0.6) is 23.0 Å². The summed E-state index contributed by atoms with van der Waals surface area (Å²) in [6.07, 6.45) is 3.43. The van der Waals surface area contributed by atoms with Crippen molar-refractivity contribution in [1.82, 2.24) is 20.0 Å². The molecule has 0 aliphatic carbocycles. The van der Waals surface area contributed by atoms with Crippen LogP contribution in [0.3, 0.4) is 0 Å².